The first-order chi connectivity index (χ1) is 7.70. The van der Waals surface area contributed by atoms with Gasteiger partial charge in [-0.05, 0) is 18.4 Å². The van der Waals surface area contributed by atoms with Crippen LogP contribution in [-0.4, -0.2) is 31.2 Å². The third-order valence-corrected chi connectivity index (χ3v) is 3.21. The summed E-state index contributed by atoms with van der Waals surface area (Å²) >= 11 is 0. The highest BCUT2D eigenvalue weighted by Crippen LogP contribution is 2.22. The van der Waals surface area contributed by atoms with E-state index < -0.39 is 0 Å². The van der Waals surface area contributed by atoms with Gasteiger partial charge in [0.2, 0.25) is 5.88 Å². The minimum absolute atomic E-state index is 0.321. The second-order valence-electron chi connectivity index (χ2n) is 4.41. The molecule has 4 nitrogen and oxygen atoms in total. The highest BCUT2D eigenvalue weighted by molar-refractivity contribution is 5.41. The van der Waals surface area contributed by atoms with E-state index in [-0.39, 0.29) is 0 Å². The molecule has 2 atom stereocenters. The van der Waals surface area contributed by atoms with Crippen LogP contribution in [0.4, 0.5) is 5.82 Å². The first kappa shape index (κ1) is 11.2. The molecule has 2 N–H and O–H groups in total. The molecule has 16 heavy (non-hydrogen) atoms. The van der Waals surface area contributed by atoms with Gasteiger partial charge in [-0.25, -0.2) is 0 Å². The standard InChI is InChI=1S/C12H19N3O/c1-9-8-15(7-6-10(9)13)11-4-3-5-12(14-11)16-2/h3-5,9-10H,6-8,13H2,1-2H3. The van der Waals surface area contributed by atoms with E-state index in [1.54, 1.807) is 7.11 Å². The number of hydrogen-bond donors (Lipinski definition) is 1. The summed E-state index contributed by atoms with van der Waals surface area (Å²) in [5.41, 5.74) is 6.00. The average Bonchev–Trinajstić information content (AvgIpc) is 2.33. The number of aromatic nitrogens is 1. The van der Waals surface area contributed by atoms with Crippen LogP contribution in [0.5, 0.6) is 5.88 Å². The van der Waals surface area contributed by atoms with Gasteiger partial charge in [-0.3, -0.25) is 0 Å². The van der Waals surface area contributed by atoms with Crippen LogP contribution in [0.25, 0.3) is 0 Å². The lowest BCUT2D eigenvalue weighted by molar-refractivity contribution is 0.376. The molecule has 1 aromatic rings. The summed E-state index contributed by atoms with van der Waals surface area (Å²) < 4.78 is 5.13. The molecule has 88 valence electrons. The maximum atomic E-state index is 6.00. The highest BCUT2D eigenvalue weighted by Gasteiger charge is 2.23. The molecule has 1 aromatic heterocycles. The largest absolute Gasteiger partial charge is 0.481 e. The summed E-state index contributed by atoms with van der Waals surface area (Å²) in [4.78, 5) is 6.71. The zero-order valence-electron chi connectivity index (χ0n) is 9.89. The zero-order chi connectivity index (χ0) is 11.5. The normalized spacial score (nSPS) is 25.6. The molecule has 2 rings (SSSR count). The molecule has 4 heteroatoms. The Balaban J connectivity index is 2.12. The van der Waals surface area contributed by atoms with Crippen LogP contribution >= 0.6 is 0 Å². The molecule has 1 aliphatic heterocycles. The van der Waals surface area contributed by atoms with Crippen LogP contribution in [0.2, 0.25) is 0 Å². The second-order valence-corrected chi connectivity index (χ2v) is 4.41. The molecule has 1 fully saturated rings. The number of hydrogen-bond acceptors (Lipinski definition) is 4. The van der Waals surface area contributed by atoms with Crippen LogP contribution in [0.1, 0.15) is 13.3 Å². The Morgan fingerprint density at radius 3 is 3.00 bits per heavy atom. The molecule has 0 aliphatic carbocycles. The molecule has 1 saturated heterocycles. The van der Waals surface area contributed by atoms with E-state index in [4.69, 9.17) is 10.5 Å². The van der Waals surface area contributed by atoms with Crippen molar-refractivity contribution in [1.29, 1.82) is 0 Å². The predicted molar refractivity (Wildman–Crippen MR) is 64.8 cm³/mol. The van der Waals surface area contributed by atoms with Crippen LogP contribution in [-0.2, 0) is 0 Å². The minimum atomic E-state index is 0.321. The fourth-order valence-corrected chi connectivity index (χ4v) is 2.07. The van der Waals surface area contributed by atoms with E-state index in [2.05, 4.69) is 16.8 Å². The van der Waals surface area contributed by atoms with Crippen molar-refractivity contribution >= 4 is 5.82 Å². The first-order valence-corrected chi connectivity index (χ1v) is 5.72. The lowest BCUT2D eigenvalue weighted by Crippen LogP contribution is -2.46. The fraction of sp³-hybridized carbons (Fsp3) is 0.583. The Hall–Kier alpha value is -1.29. The maximum absolute atomic E-state index is 6.00. The Labute approximate surface area is 96.4 Å². The van der Waals surface area contributed by atoms with Gasteiger partial charge >= 0.3 is 0 Å². The van der Waals surface area contributed by atoms with E-state index >= 15 is 0 Å². The van der Waals surface area contributed by atoms with Crippen molar-refractivity contribution < 1.29 is 4.74 Å². The third kappa shape index (κ3) is 2.27. The smallest absolute Gasteiger partial charge is 0.214 e. The number of rotatable bonds is 2. The van der Waals surface area contributed by atoms with Gasteiger partial charge < -0.3 is 15.4 Å². The van der Waals surface area contributed by atoms with Crippen molar-refractivity contribution in [2.75, 3.05) is 25.1 Å². The summed E-state index contributed by atoms with van der Waals surface area (Å²) in [5.74, 6) is 2.17. The molecule has 2 heterocycles. The van der Waals surface area contributed by atoms with Crippen molar-refractivity contribution in [3.8, 4) is 5.88 Å². The lowest BCUT2D eigenvalue weighted by atomic mass is 9.95. The Morgan fingerprint density at radius 1 is 1.50 bits per heavy atom. The minimum Gasteiger partial charge on any atom is -0.481 e. The van der Waals surface area contributed by atoms with Gasteiger partial charge in [-0.2, -0.15) is 4.98 Å². The Bertz CT molecular complexity index is 356. The van der Waals surface area contributed by atoms with Gasteiger partial charge in [0.15, 0.2) is 0 Å². The SMILES string of the molecule is COc1cccc(N2CCC(N)C(C)C2)n1. The van der Waals surface area contributed by atoms with E-state index in [1.807, 2.05) is 18.2 Å². The van der Waals surface area contributed by atoms with Gasteiger partial charge in [0, 0.05) is 25.2 Å². The molecule has 0 radical (unpaired) electrons. The monoisotopic (exact) mass is 221 g/mol. The fourth-order valence-electron chi connectivity index (χ4n) is 2.07. The number of ether oxygens (including phenoxy) is 1. The van der Waals surface area contributed by atoms with Gasteiger partial charge in [0.25, 0.3) is 0 Å². The van der Waals surface area contributed by atoms with Crippen molar-refractivity contribution in [3.63, 3.8) is 0 Å². The topological polar surface area (TPSA) is 51.4 Å². The van der Waals surface area contributed by atoms with Crippen LogP contribution in [0.15, 0.2) is 18.2 Å². The number of methoxy groups -OCH3 is 1. The summed E-state index contributed by atoms with van der Waals surface area (Å²) in [6.07, 6.45) is 1.03. The molecule has 0 bridgehead atoms. The summed E-state index contributed by atoms with van der Waals surface area (Å²) in [6.45, 7) is 4.14. The molecule has 0 aromatic carbocycles. The average molecular weight is 221 g/mol. The predicted octanol–water partition coefficient (Wildman–Crippen LogP) is 1.26. The number of pyridine rings is 1. The van der Waals surface area contributed by atoms with Crippen molar-refractivity contribution in [2.45, 2.75) is 19.4 Å². The van der Waals surface area contributed by atoms with Crippen molar-refractivity contribution in [1.82, 2.24) is 4.98 Å². The summed E-state index contributed by atoms with van der Waals surface area (Å²) in [7, 11) is 1.64. The van der Waals surface area contributed by atoms with Crippen LogP contribution in [0, 0.1) is 5.92 Å². The number of nitrogens with zero attached hydrogens (tertiary/aromatic N) is 2. The second kappa shape index (κ2) is 4.70. The molecule has 0 saturated carbocycles. The van der Waals surface area contributed by atoms with Gasteiger partial charge in [-0.1, -0.05) is 13.0 Å². The van der Waals surface area contributed by atoms with Crippen LogP contribution in [0.3, 0.4) is 0 Å². The van der Waals surface area contributed by atoms with E-state index in [0.29, 0.717) is 17.8 Å². The van der Waals surface area contributed by atoms with E-state index in [0.717, 1.165) is 25.3 Å². The van der Waals surface area contributed by atoms with E-state index in [1.165, 1.54) is 0 Å². The van der Waals surface area contributed by atoms with Crippen LogP contribution < -0.4 is 15.4 Å². The van der Waals surface area contributed by atoms with Gasteiger partial charge in [0.1, 0.15) is 5.82 Å². The van der Waals surface area contributed by atoms with Gasteiger partial charge in [-0.15, -0.1) is 0 Å². The molecule has 1 aliphatic rings. The molecule has 0 spiro atoms. The Morgan fingerprint density at radius 2 is 2.31 bits per heavy atom. The number of piperidine rings is 1. The van der Waals surface area contributed by atoms with Crippen molar-refractivity contribution in [3.05, 3.63) is 18.2 Å². The Kier molecular flexibility index (Phi) is 3.29. The highest BCUT2D eigenvalue weighted by atomic mass is 16.5. The zero-order valence-corrected chi connectivity index (χ0v) is 9.89. The molecular formula is C12H19N3O. The number of anilines is 1. The third-order valence-electron chi connectivity index (χ3n) is 3.21. The first-order valence-electron chi connectivity index (χ1n) is 5.72. The maximum Gasteiger partial charge on any atom is 0.214 e. The van der Waals surface area contributed by atoms with E-state index in [9.17, 15) is 0 Å². The quantitative estimate of drug-likeness (QED) is 0.817. The number of nitrogens with two attached hydrogens (primary N) is 1. The summed E-state index contributed by atoms with van der Waals surface area (Å²) in [6, 6.07) is 6.18. The molecule has 0 amide bonds. The molecule has 2 unspecified atom stereocenters. The van der Waals surface area contributed by atoms with Gasteiger partial charge in [0.05, 0.1) is 7.11 Å². The summed E-state index contributed by atoms with van der Waals surface area (Å²) in [5, 5.41) is 0. The molecular weight excluding hydrogens is 202 g/mol. The van der Waals surface area contributed by atoms with Crippen molar-refractivity contribution in [2.24, 2.45) is 11.7 Å². The lowest BCUT2D eigenvalue weighted by Gasteiger charge is -2.35.